The second-order valence-electron chi connectivity index (χ2n) is 5.86. The molecule has 6 nitrogen and oxygen atoms in total. The molecule has 0 saturated carbocycles. The Morgan fingerprint density at radius 1 is 1.28 bits per heavy atom. The summed E-state index contributed by atoms with van der Waals surface area (Å²) < 4.78 is 42.7. The Bertz CT molecular complexity index is 708. The molecule has 1 N–H and O–H groups in total. The molecule has 0 radical (unpaired) electrons. The van der Waals surface area contributed by atoms with Crippen molar-refractivity contribution in [3.05, 3.63) is 42.0 Å². The second-order valence-corrected chi connectivity index (χ2v) is 5.86. The highest BCUT2D eigenvalue weighted by atomic mass is 19.4. The van der Waals surface area contributed by atoms with Gasteiger partial charge in [-0.25, -0.2) is 9.97 Å². The van der Waals surface area contributed by atoms with Gasteiger partial charge in [0, 0.05) is 37.9 Å². The minimum atomic E-state index is -4.40. The average Bonchev–Trinajstić information content (AvgIpc) is 3.01. The van der Waals surface area contributed by atoms with Gasteiger partial charge in [-0.05, 0) is 18.1 Å². The van der Waals surface area contributed by atoms with Crippen molar-refractivity contribution in [1.29, 1.82) is 0 Å². The van der Waals surface area contributed by atoms with Crippen LogP contribution in [0.1, 0.15) is 17.7 Å². The molecule has 1 aliphatic rings. The number of pyridine rings is 1. The highest BCUT2D eigenvalue weighted by Gasteiger charge is 2.32. The van der Waals surface area contributed by atoms with Crippen molar-refractivity contribution < 1.29 is 17.9 Å². The molecule has 134 valence electrons. The third-order valence-electron chi connectivity index (χ3n) is 4.00. The molecule has 1 aliphatic heterocycles. The maximum Gasteiger partial charge on any atom is 0.433 e. The first-order chi connectivity index (χ1) is 11.9. The summed E-state index contributed by atoms with van der Waals surface area (Å²) in [5.41, 5.74) is -0.104. The lowest BCUT2D eigenvalue weighted by Crippen LogP contribution is -2.26. The topological polar surface area (TPSA) is 63.2 Å². The Labute approximate surface area is 143 Å². The third-order valence-corrected chi connectivity index (χ3v) is 4.00. The fourth-order valence-electron chi connectivity index (χ4n) is 2.78. The molecule has 2 aromatic heterocycles. The lowest BCUT2D eigenvalue weighted by molar-refractivity contribution is -0.141. The van der Waals surface area contributed by atoms with Crippen LogP contribution in [0.15, 0.2) is 30.7 Å². The van der Waals surface area contributed by atoms with E-state index in [1.165, 1.54) is 18.6 Å². The van der Waals surface area contributed by atoms with E-state index < -0.39 is 11.9 Å². The Morgan fingerprint density at radius 2 is 2.12 bits per heavy atom. The van der Waals surface area contributed by atoms with E-state index in [0.717, 1.165) is 31.1 Å². The van der Waals surface area contributed by atoms with Crippen molar-refractivity contribution in [2.75, 3.05) is 25.5 Å². The van der Waals surface area contributed by atoms with Crippen LogP contribution >= 0.6 is 0 Å². The van der Waals surface area contributed by atoms with Gasteiger partial charge in [0.15, 0.2) is 0 Å². The van der Waals surface area contributed by atoms with E-state index in [-0.39, 0.29) is 6.04 Å². The van der Waals surface area contributed by atoms with Gasteiger partial charge >= 0.3 is 6.18 Å². The summed E-state index contributed by atoms with van der Waals surface area (Å²) in [5, 5.41) is 3.32. The highest BCUT2D eigenvalue weighted by molar-refractivity contribution is 5.38. The molecule has 3 rings (SSSR count). The predicted molar refractivity (Wildman–Crippen MR) is 85.1 cm³/mol. The van der Waals surface area contributed by atoms with Gasteiger partial charge in [-0.15, -0.1) is 0 Å². The van der Waals surface area contributed by atoms with Crippen LogP contribution in [0.5, 0.6) is 5.88 Å². The van der Waals surface area contributed by atoms with E-state index in [1.807, 2.05) is 0 Å². The quantitative estimate of drug-likeness (QED) is 0.891. The molecular formula is C16H18F3N5O. The molecule has 0 spiro atoms. The molecule has 1 unspecified atom stereocenters. The molecular weight excluding hydrogens is 335 g/mol. The smallest absolute Gasteiger partial charge is 0.433 e. The SMILES string of the molecule is COc1cc(NC2CCN(Cc3ccc(C(F)(F)F)nc3)C2)ncn1. The summed E-state index contributed by atoms with van der Waals surface area (Å²) in [4.78, 5) is 13.8. The van der Waals surface area contributed by atoms with Gasteiger partial charge in [-0.3, -0.25) is 9.88 Å². The van der Waals surface area contributed by atoms with Crippen LogP contribution in [0.25, 0.3) is 0 Å². The van der Waals surface area contributed by atoms with Gasteiger partial charge in [-0.1, -0.05) is 6.07 Å². The number of methoxy groups -OCH3 is 1. The highest BCUT2D eigenvalue weighted by Crippen LogP contribution is 2.27. The number of anilines is 1. The number of halogens is 3. The fraction of sp³-hybridized carbons (Fsp3) is 0.438. The van der Waals surface area contributed by atoms with Gasteiger partial charge in [0.1, 0.15) is 17.8 Å². The zero-order valence-corrected chi connectivity index (χ0v) is 13.6. The Morgan fingerprint density at radius 3 is 2.80 bits per heavy atom. The first-order valence-corrected chi connectivity index (χ1v) is 7.81. The molecule has 0 aliphatic carbocycles. The predicted octanol–water partition coefficient (Wildman–Crippen LogP) is 2.59. The van der Waals surface area contributed by atoms with Crippen LogP contribution in [0, 0.1) is 0 Å². The lowest BCUT2D eigenvalue weighted by atomic mass is 10.2. The largest absolute Gasteiger partial charge is 0.481 e. The number of aromatic nitrogens is 3. The number of nitrogens with one attached hydrogen (secondary N) is 1. The van der Waals surface area contributed by atoms with Crippen LogP contribution in [0.4, 0.5) is 19.0 Å². The van der Waals surface area contributed by atoms with Crippen LogP contribution < -0.4 is 10.1 Å². The molecule has 0 bridgehead atoms. The zero-order chi connectivity index (χ0) is 17.9. The molecule has 2 aromatic rings. The van der Waals surface area contributed by atoms with Crippen molar-refractivity contribution in [2.24, 2.45) is 0 Å². The van der Waals surface area contributed by atoms with E-state index >= 15 is 0 Å². The van der Waals surface area contributed by atoms with E-state index in [1.54, 1.807) is 13.2 Å². The molecule has 0 amide bonds. The molecule has 1 saturated heterocycles. The fourth-order valence-corrected chi connectivity index (χ4v) is 2.78. The van der Waals surface area contributed by atoms with Gasteiger partial charge in [0.2, 0.25) is 5.88 Å². The number of nitrogens with zero attached hydrogens (tertiary/aromatic N) is 4. The van der Waals surface area contributed by atoms with Crippen molar-refractivity contribution in [3.63, 3.8) is 0 Å². The van der Waals surface area contributed by atoms with E-state index in [4.69, 9.17) is 4.74 Å². The van der Waals surface area contributed by atoms with Crippen LogP contribution in [-0.4, -0.2) is 46.1 Å². The normalized spacial score (nSPS) is 18.3. The summed E-state index contributed by atoms with van der Waals surface area (Å²) in [6.07, 6.45) is -0.763. The number of rotatable bonds is 5. The molecule has 3 heterocycles. The summed E-state index contributed by atoms with van der Waals surface area (Å²) in [6.45, 7) is 2.19. The number of hydrogen-bond donors (Lipinski definition) is 1. The van der Waals surface area contributed by atoms with Gasteiger partial charge in [0.05, 0.1) is 7.11 Å². The van der Waals surface area contributed by atoms with Crippen LogP contribution in [-0.2, 0) is 12.7 Å². The van der Waals surface area contributed by atoms with Gasteiger partial charge in [0.25, 0.3) is 0 Å². The minimum Gasteiger partial charge on any atom is -0.481 e. The Kier molecular flexibility index (Phi) is 5.03. The van der Waals surface area contributed by atoms with Crippen molar-refractivity contribution in [1.82, 2.24) is 19.9 Å². The standard InChI is InChI=1S/C16H18F3N5O/c1-25-15-6-14(21-10-22-15)23-12-4-5-24(9-12)8-11-2-3-13(20-7-11)16(17,18)19/h2-3,6-7,10,12H,4-5,8-9H2,1H3,(H,21,22,23). The van der Waals surface area contributed by atoms with E-state index in [9.17, 15) is 13.2 Å². The number of ether oxygens (including phenoxy) is 1. The van der Waals surface area contributed by atoms with E-state index in [0.29, 0.717) is 18.2 Å². The summed E-state index contributed by atoms with van der Waals surface area (Å²) in [7, 11) is 1.54. The Hall–Kier alpha value is -2.42. The first kappa shape index (κ1) is 17.4. The number of hydrogen-bond acceptors (Lipinski definition) is 6. The number of alkyl halides is 3. The maximum absolute atomic E-state index is 12.5. The van der Waals surface area contributed by atoms with Gasteiger partial charge in [-0.2, -0.15) is 13.2 Å². The minimum absolute atomic E-state index is 0.210. The maximum atomic E-state index is 12.5. The summed E-state index contributed by atoms with van der Waals surface area (Å²) >= 11 is 0. The summed E-state index contributed by atoms with van der Waals surface area (Å²) in [5.74, 6) is 1.18. The third kappa shape index (κ3) is 4.56. The van der Waals surface area contributed by atoms with Crippen molar-refractivity contribution in [3.8, 4) is 5.88 Å². The molecule has 1 fully saturated rings. The first-order valence-electron chi connectivity index (χ1n) is 7.81. The molecule has 9 heteroatoms. The summed E-state index contributed by atoms with van der Waals surface area (Å²) in [6, 6.07) is 4.44. The van der Waals surface area contributed by atoms with Crippen molar-refractivity contribution >= 4 is 5.82 Å². The van der Waals surface area contributed by atoms with Crippen LogP contribution in [0.3, 0.4) is 0 Å². The average molecular weight is 353 g/mol. The Balaban J connectivity index is 1.54. The second kappa shape index (κ2) is 7.22. The lowest BCUT2D eigenvalue weighted by Gasteiger charge is -2.17. The molecule has 0 aromatic carbocycles. The van der Waals surface area contributed by atoms with E-state index in [2.05, 4.69) is 25.2 Å². The molecule has 1 atom stereocenters. The monoisotopic (exact) mass is 353 g/mol. The van der Waals surface area contributed by atoms with Crippen molar-refractivity contribution in [2.45, 2.75) is 25.2 Å². The van der Waals surface area contributed by atoms with Gasteiger partial charge < -0.3 is 10.1 Å². The zero-order valence-electron chi connectivity index (χ0n) is 13.6. The number of likely N-dealkylation sites (tertiary alicyclic amines) is 1. The molecule has 25 heavy (non-hydrogen) atoms. The van der Waals surface area contributed by atoms with Crippen LogP contribution in [0.2, 0.25) is 0 Å².